The van der Waals surface area contributed by atoms with Crippen LogP contribution in [0.4, 0.5) is 0 Å². The first-order valence-electron chi connectivity index (χ1n) is 10.1. The average molecular weight is 487 g/mol. The third kappa shape index (κ3) is 3.39. The van der Waals surface area contributed by atoms with Crippen LogP contribution >= 0.6 is 24.0 Å². The molecule has 3 aliphatic rings. The zero-order chi connectivity index (χ0) is 18.5. The lowest BCUT2D eigenvalue weighted by molar-refractivity contribution is -0.171. The van der Waals surface area contributed by atoms with Gasteiger partial charge in [0.25, 0.3) is 0 Å². The maximum absolute atomic E-state index is 6.03. The summed E-state index contributed by atoms with van der Waals surface area (Å²) in [5.74, 6) is 1.59. The summed E-state index contributed by atoms with van der Waals surface area (Å²) in [4.78, 5) is 4.51. The first-order valence-corrected chi connectivity index (χ1v) is 10.1. The molecule has 3 fully saturated rings. The highest BCUT2D eigenvalue weighted by atomic mass is 127. The van der Waals surface area contributed by atoms with Crippen LogP contribution in [0.1, 0.15) is 49.6 Å². The van der Waals surface area contributed by atoms with Gasteiger partial charge < -0.3 is 15.4 Å². The Balaban J connectivity index is 0.00000210. The molecule has 27 heavy (non-hydrogen) atoms. The zero-order valence-electron chi connectivity index (χ0n) is 17.2. The second-order valence-corrected chi connectivity index (χ2v) is 8.55. The molecule has 0 bridgehead atoms. The third-order valence-electron chi connectivity index (χ3n) is 7.10. The summed E-state index contributed by atoms with van der Waals surface area (Å²) in [5, 5.41) is 11.9. The van der Waals surface area contributed by atoms with Crippen LogP contribution in [0.25, 0.3) is 0 Å². The molecule has 2 N–H and O–H groups in total. The van der Waals surface area contributed by atoms with Gasteiger partial charge in [0.2, 0.25) is 0 Å². The van der Waals surface area contributed by atoms with E-state index < -0.39 is 0 Å². The van der Waals surface area contributed by atoms with Crippen molar-refractivity contribution in [1.29, 1.82) is 0 Å². The average Bonchev–Trinajstić information content (AvgIpc) is 3.08. The fourth-order valence-electron chi connectivity index (χ4n) is 5.48. The lowest BCUT2D eigenvalue weighted by atomic mass is 9.46. The molecular formula is C20H34IN5O. The fraction of sp³-hybridized carbons (Fsp3) is 0.800. The number of rotatable bonds is 4. The summed E-state index contributed by atoms with van der Waals surface area (Å²) < 4.78 is 8.01. The summed E-state index contributed by atoms with van der Waals surface area (Å²) in [5.41, 5.74) is 4.09. The lowest BCUT2D eigenvalue weighted by Gasteiger charge is -2.63. The predicted molar refractivity (Wildman–Crippen MR) is 119 cm³/mol. The van der Waals surface area contributed by atoms with Crippen molar-refractivity contribution in [3.8, 4) is 0 Å². The van der Waals surface area contributed by atoms with Gasteiger partial charge in [-0.2, -0.15) is 5.10 Å². The van der Waals surface area contributed by atoms with Gasteiger partial charge in [-0.1, -0.05) is 6.42 Å². The van der Waals surface area contributed by atoms with Crippen LogP contribution in [0.15, 0.2) is 4.99 Å². The Labute approximate surface area is 179 Å². The molecule has 1 aromatic heterocycles. The van der Waals surface area contributed by atoms with Crippen molar-refractivity contribution in [2.24, 2.45) is 23.4 Å². The molecule has 2 heterocycles. The van der Waals surface area contributed by atoms with Gasteiger partial charge in [0.1, 0.15) is 0 Å². The van der Waals surface area contributed by atoms with Gasteiger partial charge in [-0.25, -0.2) is 0 Å². The smallest absolute Gasteiger partial charge is 0.191 e. The van der Waals surface area contributed by atoms with Crippen molar-refractivity contribution < 1.29 is 4.74 Å². The Kier molecular flexibility index (Phi) is 6.11. The Morgan fingerprint density at radius 1 is 1.41 bits per heavy atom. The number of nitrogens with zero attached hydrogens (tertiary/aromatic N) is 3. The van der Waals surface area contributed by atoms with Crippen LogP contribution < -0.4 is 10.6 Å². The van der Waals surface area contributed by atoms with Crippen LogP contribution in [0, 0.1) is 25.2 Å². The largest absolute Gasteiger partial charge is 0.377 e. The van der Waals surface area contributed by atoms with Crippen LogP contribution in [0.3, 0.4) is 0 Å². The predicted octanol–water partition coefficient (Wildman–Crippen LogP) is 2.71. The van der Waals surface area contributed by atoms with Gasteiger partial charge in [0.15, 0.2) is 5.96 Å². The number of hydrogen-bond donors (Lipinski definition) is 2. The minimum absolute atomic E-state index is 0. The van der Waals surface area contributed by atoms with E-state index in [0.717, 1.165) is 24.7 Å². The van der Waals surface area contributed by atoms with E-state index in [9.17, 15) is 0 Å². The van der Waals surface area contributed by atoms with Crippen LogP contribution in [0.2, 0.25) is 0 Å². The SMILES string of the molecule is CN=C(NC(C)Cc1c(C)nn(C)c1C)NC1C2CCOC2C12CCC2.I. The molecular weight excluding hydrogens is 453 g/mol. The van der Waals surface area contributed by atoms with Gasteiger partial charge in [-0.3, -0.25) is 9.67 Å². The Bertz CT molecular complexity index is 711. The molecule has 152 valence electrons. The molecule has 1 aromatic rings. The molecule has 4 unspecified atom stereocenters. The van der Waals surface area contributed by atoms with E-state index in [-0.39, 0.29) is 24.0 Å². The topological polar surface area (TPSA) is 63.5 Å². The molecule has 2 aliphatic carbocycles. The van der Waals surface area contributed by atoms with Crippen LogP contribution in [0.5, 0.6) is 0 Å². The number of ether oxygens (including phenoxy) is 1. The number of hydrogen-bond acceptors (Lipinski definition) is 3. The molecule has 1 spiro atoms. The van der Waals surface area contributed by atoms with Gasteiger partial charge in [0, 0.05) is 49.8 Å². The molecule has 1 aliphatic heterocycles. The van der Waals surface area contributed by atoms with Crippen molar-refractivity contribution in [3.63, 3.8) is 0 Å². The monoisotopic (exact) mass is 487 g/mol. The van der Waals surface area contributed by atoms with Crippen molar-refractivity contribution in [1.82, 2.24) is 20.4 Å². The highest BCUT2D eigenvalue weighted by Crippen LogP contribution is 2.62. The quantitative estimate of drug-likeness (QED) is 0.390. The van der Waals surface area contributed by atoms with Crippen LogP contribution in [-0.4, -0.2) is 47.6 Å². The zero-order valence-corrected chi connectivity index (χ0v) is 19.5. The van der Waals surface area contributed by atoms with E-state index in [1.807, 2.05) is 18.8 Å². The number of aliphatic imine (C=N–C) groups is 1. The highest BCUT2D eigenvalue weighted by Gasteiger charge is 2.66. The lowest BCUT2D eigenvalue weighted by Crippen LogP contribution is -2.72. The summed E-state index contributed by atoms with van der Waals surface area (Å²) in [6, 6.07) is 0.819. The van der Waals surface area contributed by atoms with E-state index in [2.05, 4.69) is 41.5 Å². The molecule has 6 nitrogen and oxygen atoms in total. The molecule has 0 aromatic carbocycles. The van der Waals surface area contributed by atoms with Gasteiger partial charge in [0.05, 0.1) is 11.8 Å². The maximum atomic E-state index is 6.03. The Morgan fingerprint density at radius 2 is 2.15 bits per heavy atom. The summed E-state index contributed by atoms with van der Waals surface area (Å²) in [7, 11) is 3.89. The minimum Gasteiger partial charge on any atom is -0.377 e. The molecule has 1 saturated heterocycles. The Hall–Kier alpha value is -0.830. The number of guanidine groups is 1. The molecule has 7 heteroatoms. The summed E-state index contributed by atoms with van der Waals surface area (Å²) in [6.45, 7) is 7.39. The maximum Gasteiger partial charge on any atom is 0.191 e. The first kappa shape index (κ1) is 20.9. The number of halogens is 1. The molecule has 4 atom stereocenters. The number of aryl methyl sites for hydroxylation is 2. The molecule has 0 amide bonds. The van der Waals surface area contributed by atoms with E-state index in [1.165, 1.54) is 36.9 Å². The first-order chi connectivity index (χ1) is 12.5. The van der Waals surface area contributed by atoms with Gasteiger partial charge >= 0.3 is 0 Å². The summed E-state index contributed by atoms with van der Waals surface area (Å²) in [6.07, 6.45) is 6.57. The van der Waals surface area contributed by atoms with E-state index in [4.69, 9.17) is 4.74 Å². The van der Waals surface area contributed by atoms with E-state index >= 15 is 0 Å². The fourth-order valence-corrected chi connectivity index (χ4v) is 5.48. The van der Waals surface area contributed by atoms with E-state index in [1.54, 1.807) is 0 Å². The second kappa shape index (κ2) is 7.89. The van der Waals surface area contributed by atoms with Crippen molar-refractivity contribution in [3.05, 3.63) is 17.0 Å². The molecule has 0 radical (unpaired) electrons. The van der Waals surface area contributed by atoms with Crippen LogP contribution in [-0.2, 0) is 18.2 Å². The number of nitrogens with one attached hydrogen (secondary N) is 2. The third-order valence-corrected chi connectivity index (χ3v) is 7.10. The summed E-state index contributed by atoms with van der Waals surface area (Å²) >= 11 is 0. The van der Waals surface area contributed by atoms with Crippen molar-refractivity contribution >= 4 is 29.9 Å². The van der Waals surface area contributed by atoms with Gasteiger partial charge in [-0.15, -0.1) is 24.0 Å². The van der Waals surface area contributed by atoms with Crippen molar-refractivity contribution in [2.75, 3.05) is 13.7 Å². The number of aromatic nitrogens is 2. The normalized spacial score (nSPS) is 29.4. The highest BCUT2D eigenvalue weighted by molar-refractivity contribution is 14.0. The number of fused-ring (bicyclic) bond motifs is 2. The molecule has 4 rings (SSSR count). The van der Waals surface area contributed by atoms with Gasteiger partial charge in [-0.05, 0) is 52.0 Å². The molecule has 2 saturated carbocycles. The van der Waals surface area contributed by atoms with E-state index in [0.29, 0.717) is 29.5 Å². The standard InChI is InChI=1S/C20H33N5O.HI/c1-12(11-16-13(2)24-25(5)14(16)3)22-19(21-4)23-17-15-7-10-26-18(15)20(17)8-6-9-20;/h12,15,17-18H,6-11H2,1-5H3,(H2,21,22,23);1H. The second-order valence-electron chi connectivity index (χ2n) is 8.55. The Morgan fingerprint density at radius 3 is 2.70 bits per heavy atom. The minimum atomic E-state index is 0. The van der Waals surface area contributed by atoms with Crippen molar-refractivity contribution in [2.45, 2.75) is 71.1 Å².